The number of benzene rings is 2. The van der Waals surface area contributed by atoms with Crippen molar-refractivity contribution < 1.29 is 13.2 Å². The van der Waals surface area contributed by atoms with Crippen LogP contribution in [-0.4, -0.2) is 57.3 Å². The molecule has 0 unspecified atom stereocenters. The fourth-order valence-electron chi connectivity index (χ4n) is 3.81. The van der Waals surface area contributed by atoms with Gasteiger partial charge in [-0.1, -0.05) is 41.9 Å². The third kappa shape index (κ3) is 6.53. The van der Waals surface area contributed by atoms with Gasteiger partial charge < -0.3 is 10.2 Å². The number of hydrogen-bond acceptors (Lipinski definition) is 4. The first-order chi connectivity index (χ1) is 14.8. The molecular formula is C23H30ClN3O3S. The van der Waals surface area contributed by atoms with Crippen molar-refractivity contribution in [3.05, 3.63) is 59.1 Å². The third-order valence-corrected chi connectivity index (χ3v) is 7.86. The van der Waals surface area contributed by atoms with E-state index in [0.717, 1.165) is 36.7 Å². The molecule has 1 aliphatic rings. The lowest BCUT2D eigenvalue weighted by molar-refractivity contribution is -0.116. The average Bonchev–Trinajstić information content (AvgIpc) is 2.75. The minimum absolute atomic E-state index is 0.0951. The summed E-state index contributed by atoms with van der Waals surface area (Å²) in [6.07, 6.45) is 3.71. The topological polar surface area (TPSA) is 69.7 Å². The van der Waals surface area contributed by atoms with E-state index in [0.29, 0.717) is 29.6 Å². The molecule has 1 N–H and O–H groups in total. The van der Waals surface area contributed by atoms with Crippen LogP contribution in [0.3, 0.4) is 0 Å². The molecule has 168 valence electrons. The van der Waals surface area contributed by atoms with Gasteiger partial charge in [0.15, 0.2) is 0 Å². The molecular weight excluding hydrogens is 434 g/mol. The summed E-state index contributed by atoms with van der Waals surface area (Å²) in [4.78, 5) is 14.9. The van der Waals surface area contributed by atoms with E-state index < -0.39 is 10.0 Å². The van der Waals surface area contributed by atoms with Gasteiger partial charge in [0.2, 0.25) is 15.9 Å². The van der Waals surface area contributed by atoms with Gasteiger partial charge in [0.1, 0.15) is 0 Å². The highest BCUT2D eigenvalue weighted by Crippen LogP contribution is 2.27. The van der Waals surface area contributed by atoms with Gasteiger partial charge in [0, 0.05) is 27.1 Å². The molecule has 1 fully saturated rings. The van der Waals surface area contributed by atoms with E-state index in [1.165, 1.54) is 37.9 Å². The lowest BCUT2D eigenvalue weighted by atomic mass is 9.90. The summed E-state index contributed by atoms with van der Waals surface area (Å²) in [7, 11) is -0.667. The molecule has 2 aromatic carbocycles. The van der Waals surface area contributed by atoms with Crippen LogP contribution in [0.25, 0.3) is 0 Å². The highest BCUT2D eigenvalue weighted by Gasteiger charge is 2.21. The summed E-state index contributed by atoms with van der Waals surface area (Å²) >= 11 is 6.17. The fraction of sp³-hybridized carbons (Fsp3) is 0.435. The van der Waals surface area contributed by atoms with Crippen LogP contribution in [0.5, 0.6) is 0 Å². The molecule has 0 aromatic heterocycles. The van der Waals surface area contributed by atoms with Crippen molar-refractivity contribution >= 4 is 33.2 Å². The SMILES string of the molecule is CN(C)S(=O)(=O)c1ccc(Cl)c(NC(=O)CCN2CCC(Cc3ccccc3)CC2)c1. The van der Waals surface area contributed by atoms with Gasteiger partial charge in [-0.25, -0.2) is 12.7 Å². The Labute approximate surface area is 190 Å². The fourth-order valence-corrected chi connectivity index (χ4v) is 4.90. The van der Waals surface area contributed by atoms with E-state index >= 15 is 0 Å². The van der Waals surface area contributed by atoms with Crippen molar-refractivity contribution in [2.75, 3.05) is 39.0 Å². The first-order valence-electron chi connectivity index (χ1n) is 10.5. The van der Waals surface area contributed by atoms with E-state index in [4.69, 9.17) is 11.6 Å². The molecule has 1 heterocycles. The number of sulfonamides is 1. The highest BCUT2D eigenvalue weighted by atomic mass is 35.5. The van der Waals surface area contributed by atoms with Gasteiger partial charge in [-0.2, -0.15) is 0 Å². The number of halogens is 1. The van der Waals surface area contributed by atoms with Crippen LogP contribution in [-0.2, 0) is 21.2 Å². The maximum absolute atomic E-state index is 12.5. The molecule has 31 heavy (non-hydrogen) atoms. The average molecular weight is 464 g/mol. The standard InChI is InChI=1S/C23H30ClN3O3S/c1-26(2)31(29,30)20-8-9-21(24)22(17-20)25-23(28)12-15-27-13-10-19(11-14-27)16-18-6-4-3-5-7-18/h3-9,17,19H,10-16H2,1-2H3,(H,25,28). The van der Waals surface area contributed by atoms with Crippen LogP contribution in [0, 0.1) is 5.92 Å². The van der Waals surface area contributed by atoms with E-state index in [9.17, 15) is 13.2 Å². The number of piperidine rings is 1. The molecule has 0 aliphatic carbocycles. The number of nitrogens with one attached hydrogen (secondary N) is 1. The Kier molecular flexibility index (Phi) is 8.11. The third-order valence-electron chi connectivity index (χ3n) is 5.72. The Morgan fingerprint density at radius 2 is 1.81 bits per heavy atom. The first kappa shape index (κ1) is 23.7. The number of anilines is 1. The lowest BCUT2D eigenvalue weighted by Crippen LogP contribution is -2.36. The molecule has 0 spiro atoms. The zero-order valence-electron chi connectivity index (χ0n) is 18.1. The molecule has 8 heteroatoms. The van der Waals surface area contributed by atoms with Crippen LogP contribution >= 0.6 is 11.6 Å². The van der Waals surface area contributed by atoms with Gasteiger partial charge in [0.25, 0.3) is 0 Å². The Hall–Kier alpha value is -1.93. The minimum atomic E-state index is -3.59. The second-order valence-electron chi connectivity index (χ2n) is 8.20. The second kappa shape index (κ2) is 10.6. The zero-order chi connectivity index (χ0) is 22.4. The molecule has 0 saturated carbocycles. The molecule has 0 atom stereocenters. The molecule has 1 aliphatic heterocycles. The van der Waals surface area contributed by atoms with Crippen LogP contribution in [0.15, 0.2) is 53.4 Å². The van der Waals surface area contributed by atoms with Crippen molar-refractivity contribution in [3.8, 4) is 0 Å². The summed E-state index contributed by atoms with van der Waals surface area (Å²) in [5.74, 6) is 0.514. The number of carbonyl (C=O) groups is 1. The van der Waals surface area contributed by atoms with Crippen LogP contribution in [0.1, 0.15) is 24.8 Å². The number of nitrogens with zero attached hydrogens (tertiary/aromatic N) is 2. The predicted molar refractivity (Wildman–Crippen MR) is 125 cm³/mol. The summed E-state index contributed by atoms with van der Waals surface area (Å²) in [5, 5.41) is 3.07. The molecule has 3 rings (SSSR count). The van der Waals surface area contributed by atoms with E-state index in [1.54, 1.807) is 0 Å². The van der Waals surface area contributed by atoms with Gasteiger partial charge in [0.05, 0.1) is 15.6 Å². The monoisotopic (exact) mass is 463 g/mol. The summed E-state index contributed by atoms with van der Waals surface area (Å²) in [5.41, 5.74) is 1.70. The molecule has 2 aromatic rings. The number of hydrogen-bond donors (Lipinski definition) is 1. The number of likely N-dealkylation sites (tertiary alicyclic amines) is 1. The van der Waals surface area contributed by atoms with Gasteiger partial charge >= 0.3 is 0 Å². The van der Waals surface area contributed by atoms with Crippen molar-refractivity contribution in [1.29, 1.82) is 0 Å². The van der Waals surface area contributed by atoms with Crippen LogP contribution in [0.4, 0.5) is 5.69 Å². The number of carbonyl (C=O) groups excluding carboxylic acids is 1. The molecule has 1 saturated heterocycles. The summed E-state index contributed by atoms with van der Waals surface area (Å²) < 4.78 is 25.8. The second-order valence-corrected chi connectivity index (χ2v) is 10.8. The van der Waals surface area contributed by atoms with Crippen molar-refractivity contribution in [2.45, 2.75) is 30.6 Å². The molecule has 0 radical (unpaired) electrons. The minimum Gasteiger partial charge on any atom is -0.325 e. The van der Waals surface area contributed by atoms with E-state index in [-0.39, 0.29) is 10.8 Å². The van der Waals surface area contributed by atoms with Crippen molar-refractivity contribution in [2.24, 2.45) is 5.92 Å². The van der Waals surface area contributed by atoms with Crippen molar-refractivity contribution in [1.82, 2.24) is 9.21 Å². The quantitative estimate of drug-likeness (QED) is 0.645. The first-order valence-corrected chi connectivity index (χ1v) is 12.4. The normalized spacial score (nSPS) is 15.9. The van der Waals surface area contributed by atoms with Crippen molar-refractivity contribution in [3.63, 3.8) is 0 Å². The van der Waals surface area contributed by atoms with E-state index in [1.807, 2.05) is 6.07 Å². The maximum atomic E-state index is 12.5. The summed E-state index contributed by atoms with van der Waals surface area (Å²) in [6.45, 7) is 2.65. The number of rotatable bonds is 8. The summed E-state index contributed by atoms with van der Waals surface area (Å²) in [6, 6.07) is 14.9. The molecule has 1 amide bonds. The smallest absolute Gasteiger partial charge is 0.242 e. The Morgan fingerprint density at radius 1 is 1.13 bits per heavy atom. The van der Waals surface area contributed by atoms with Gasteiger partial charge in [-0.3, -0.25) is 4.79 Å². The van der Waals surface area contributed by atoms with Gasteiger partial charge in [-0.05, 0) is 62.0 Å². The molecule has 6 nitrogen and oxygen atoms in total. The van der Waals surface area contributed by atoms with Crippen LogP contribution < -0.4 is 5.32 Å². The molecule has 0 bridgehead atoms. The zero-order valence-corrected chi connectivity index (χ0v) is 19.6. The van der Waals surface area contributed by atoms with Crippen LogP contribution in [0.2, 0.25) is 5.02 Å². The largest absolute Gasteiger partial charge is 0.325 e. The lowest BCUT2D eigenvalue weighted by Gasteiger charge is -2.31. The highest BCUT2D eigenvalue weighted by molar-refractivity contribution is 7.89. The number of amides is 1. The Morgan fingerprint density at radius 3 is 2.45 bits per heavy atom. The van der Waals surface area contributed by atoms with E-state index in [2.05, 4.69) is 34.5 Å². The maximum Gasteiger partial charge on any atom is 0.242 e. The van der Waals surface area contributed by atoms with Gasteiger partial charge in [-0.15, -0.1) is 0 Å². The Bertz CT molecular complexity index is 988. The Balaban J connectivity index is 1.48. The predicted octanol–water partition coefficient (Wildman–Crippen LogP) is 3.87.